The third kappa shape index (κ3) is 4.23. The van der Waals surface area contributed by atoms with E-state index in [1.807, 2.05) is 22.4 Å². The van der Waals surface area contributed by atoms with Crippen LogP contribution in [0.2, 0.25) is 0 Å². The van der Waals surface area contributed by atoms with E-state index < -0.39 is 0 Å². The summed E-state index contributed by atoms with van der Waals surface area (Å²) in [6, 6.07) is 3.94. The molecule has 3 rings (SSSR count). The SMILES string of the molecule is O=C(NCc1cccs1)N1CCCN(C(=O)[C@H]2CCCO2)CC1. The third-order valence-corrected chi connectivity index (χ3v) is 5.17. The molecule has 1 aromatic heterocycles. The minimum absolute atomic E-state index is 0.0511. The van der Waals surface area contributed by atoms with E-state index in [4.69, 9.17) is 4.74 Å². The van der Waals surface area contributed by atoms with E-state index >= 15 is 0 Å². The predicted molar refractivity (Wildman–Crippen MR) is 88.3 cm³/mol. The molecule has 6 nitrogen and oxygen atoms in total. The van der Waals surface area contributed by atoms with Gasteiger partial charge in [-0.25, -0.2) is 4.79 Å². The summed E-state index contributed by atoms with van der Waals surface area (Å²) in [5.41, 5.74) is 0. The van der Waals surface area contributed by atoms with E-state index in [0.717, 1.165) is 24.1 Å². The number of hydrogen-bond acceptors (Lipinski definition) is 4. The molecule has 3 heterocycles. The maximum absolute atomic E-state index is 12.4. The number of amides is 3. The minimum Gasteiger partial charge on any atom is -0.368 e. The molecule has 23 heavy (non-hydrogen) atoms. The van der Waals surface area contributed by atoms with E-state index in [1.165, 1.54) is 0 Å². The van der Waals surface area contributed by atoms with Gasteiger partial charge in [0.05, 0.1) is 6.54 Å². The van der Waals surface area contributed by atoms with Crippen molar-refractivity contribution in [1.29, 1.82) is 0 Å². The fraction of sp³-hybridized carbons (Fsp3) is 0.625. The fourth-order valence-corrected chi connectivity index (χ4v) is 3.65. The molecule has 0 saturated carbocycles. The molecule has 0 bridgehead atoms. The van der Waals surface area contributed by atoms with Crippen molar-refractivity contribution in [1.82, 2.24) is 15.1 Å². The third-order valence-electron chi connectivity index (χ3n) is 4.29. The summed E-state index contributed by atoms with van der Waals surface area (Å²) >= 11 is 1.63. The van der Waals surface area contributed by atoms with Gasteiger partial charge in [0.25, 0.3) is 5.91 Å². The smallest absolute Gasteiger partial charge is 0.317 e. The molecule has 0 radical (unpaired) electrons. The lowest BCUT2D eigenvalue weighted by atomic mass is 10.2. The van der Waals surface area contributed by atoms with Crippen LogP contribution in [-0.4, -0.2) is 60.6 Å². The topological polar surface area (TPSA) is 61.9 Å². The summed E-state index contributed by atoms with van der Waals surface area (Å²) in [5, 5.41) is 4.95. The van der Waals surface area contributed by atoms with Crippen LogP contribution in [0.3, 0.4) is 0 Å². The van der Waals surface area contributed by atoms with E-state index in [2.05, 4.69) is 5.32 Å². The van der Waals surface area contributed by atoms with Crippen LogP contribution in [0.25, 0.3) is 0 Å². The molecule has 0 spiro atoms. The van der Waals surface area contributed by atoms with Crippen molar-refractivity contribution in [3.63, 3.8) is 0 Å². The molecule has 2 saturated heterocycles. The first-order valence-corrected chi connectivity index (χ1v) is 9.07. The van der Waals surface area contributed by atoms with Gasteiger partial charge in [0.2, 0.25) is 0 Å². The molecule has 0 aliphatic carbocycles. The standard InChI is InChI=1S/C16H23N3O3S/c20-15(14-5-1-10-22-14)18-6-3-7-19(9-8-18)16(21)17-12-13-4-2-11-23-13/h2,4,11,14H,1,3,5-10,12H2,(H,17,21)/t14-/m1/s1. The maximum Gasteiger partial charge on any atom is 0.317 e. The van der Waals surface area contributed by atoms with E-state index in [9.17, 15) is 9.59 Å². The Bertz CT molecular complexity index is 529. The number of nitrogens with zero attached hydrogens (tertiary/aromatic N) is 2. The monoisotopic (exact) mass is 337 g/mol. The summed E-state index contributed by atoms with van der Waals surface area (Å²) < 4.78 is 5.48. The van der Waals surface area contributed by atoms with Gasteiger partial charge in [-0.15, -0.1) is 11.3 Å². The van der Waals surface area contributed by atoms with Gasteiger partial charge in [0, 0.05) is 37.7 Å². The van der Waals surface area contributed by atoms with Crippen LogP contribution >= 0.6 is 11.3 Å². The summed E-state index contributed by atoms with van der Waals surface area (Å²) in [6.07, 6.45) is 2.32. The summed E-state index contributed by atoms with van der Waals surface area (Å²) in [5.74, 6) is 0.0864. The second-order valence-electron chi connectivity index (χ2n) is 5.91. The molecule has 1 atom stereocenters. The van der Waals surface area contributed by atoms with Gasteiger partial charge in [0.1, 0.15) is 6.10 Å². The zero-order valence-corrected chi connectivity index (χ0v) is 14.0. The first kappa shape index (κ1) is 16.3. The number of rotatable bonds is 3. The maximum atomic E-state index is 12.4. The van der Waals surface area contributed by atoms with Crippen LogP contribution in [0.4, 0.5) is 4.79 Å². The minimum atomic E-state index is -0.269. The van der Waals surface area contributed by atoms with Crippen LogP contribution in [0.5, 0.6) is 0 Å². The molecule has 126 valence electrons. The number of ether oxygens (including phenoxy) is 1. The molecule has 7 heteroatoms. The summed E-state index contributed by atoms with van der Waals surface area (Å²) in [6.45, 7) is 3.80. The average Bonchev–Trinajstić information content (AvgIpc) is 3.22. The number of carbonyl (C=O) groups excluding carboxylic acids is 2. The highest BCUT2D eigenvalue weighted by Gasteiger charge is 2.30. The molecule has 2 aliphatic rings. The van der Waals surface area contributed by atoms with Crippen molar-refractivity contribution in [2.75, 3.05) is 32.8 Å². The Morgan fingerprint density at radius 1 is 1.22 bits per heavy atom. The molecule has 2 fully saturated rings. The molecular formula is C16H23N3O3S. The Hall–Kier alpha value is -1.60. The van der Waals surface area contributed by atoms with Crippen LogP contribution in [0, 0.1) is 0 Å². The van der Waals surface area contributed by atoms with Crippen LogP contribution in [0.1, 0.15) is 24.1 Å². The average molecular weight is 337 g/mol. The van der Waals surface area contributed by atoms with E-state index in [-0.39, 0.29) is 18.0 Å². The highest BCUT2D eigenvalue weighted by Crippen LogP contribution is 2.16. The lowest BCUT2D eigenvalue weighted by Crippen LogP contribution is -2.44. The van der Waals surface area contributed by atoms with Crippen LogP contribution in [-0.2, 0) is 16.1 Å². The van der Waals surface area contributed by atoms with E-state index in [0.29, 0.717) is 39.3 Å². The fourth-order valence-electron chi connectivity index (χ4n) is 3.00. The zero-order valence-electron chi connectivity index (χ0n) is 13.2. The first-order valence-electron chi connectivity index (χ1n) is 8.19. The highest BCUT2D eigenvalue weighted by molar-refractivity contribution is 7.09. The van der Waals surface area contributed by atoms with E-state index in [1.54, 1.807) is 16.2 Å². The van der Waals surface area contributed by atoms with Crippen molar-refractivity contribution in [2.45, 2.75) is 31.9 Å². The lowest BCUT2D eigenvalue weighted by Gasteiger charge is -2.24. The molecule has 1 aromatic rings. The van der Waals surface area contributed by atoms with Gasteiger partial charge in [0.15, 0.2) is 0 Å². The number of urea groups is 1. The van der Waals surface area contributed by atoms with Gasteiger partial charge in [-0.05, 0) is 30.7 Å². The van der Waals surface area contributed by atoms with Gasteiger partial charge < -0.3 is 19.9 Å². The Morgan fingerprint density at radius 3 is 2.78 bits per heavy atom. The van der Waals surface area contributed by atoms with Crippen molar-refractivity contribution < 1.29 is 14.3 Å². The summed E-state index contributed by atoms with van der Waals surface area (Å²) in [4.78, 5) is 29.5. The molecule has 1 N–H and O–H groups in total. The Balaban J connectivity index is 1.47. The zero-order chi connectivity index (χ0) is 16.1. The quantitative estimate of drug-likeness (QED) is 0.913. The van der Waals surface area contributed by atoms with Gasteiger partial charge in [-0.2, -0.15) is 0 Å². The number of nitrogens with one attached hydrogen (secondary N) is 1. The Morgan fingerprint density at radius 2 is 2.04 bits per heavy atom. The second kappa shape index (κ2) is 7.79. The predicted octanol–water partition coefficient (Wildman–Crippen LogP) is 1.67. The number of hydrogen-bond donors (Lipinski definition) is 1. The van der Waals surface area contributed by atoms with Crippen LogP contribution < -0.4 is 5.32 Å². The van der Waals surface area contributed by atoms with Gasteiger partial charge in [-0.3, -0.25) is 4.79 Å². The van der Waals surface area contributed by atoms with Crippen LogP contribution in [0.15, 0.2) is 17.5 Å². The molecule has 0 aromatic carbocycles. The van der Waals surface area contributed by atoms with Gasteiger partial charge in [-0.1, -0.05) is 6.07 Å². The number of thiophene rings is 1. The Labute approximate surface area is 140 Å². The van der Waals surface area contributed by atoms with Gasteiger partial charge >= 0.3 is 6.03 Å². The molecule has 3 amide bonds. The molecule has 0 unspecified atom stereocenters. The van der Waals surface area contributed by atoms with Crippen molar-refractivity contribution in [3.05, 3.63) is 22.4 Å². The van der Waals surface area contributed by atoms with Crippen molar-refractivity contribution in [2.24, 2.45) is 0 Å². The molecular weight excluding hydrogens is 314 g/mol. The van der Waals surface area contributed by atoms with Crippen molar-refractivity contribution >= 4 is 23.3 Å². The normalized spacial score (nSPS) is 22.0. The highest BCUT2D eigenvalue weighted by atomic mass is 32.1. The first-order chi connectivity index (χ1) is 11.2. The van der Waals surface area contributed by atoms with Crippen molar-refractivity contribution in [3.8, 4) is 0 Å². The largest absolute Gasteiger partial charge is 0.368 e. The second-order valence-corrected chi connectivity index (χ2v) is 6.94. The molecule has 2 aliphatic heterocycles. The lowest BCUT2D eigenvalue weighted by molar-refractivity contribution is -0.140. The Kier molecular flexibility index (Phi) is 5.51. The summed E-state index contributed by atoms with van der Waals surface area (Å²) in [7, 11) is 0. The number of carbonyl (C=O) groups is 2.